The molecule has 0 aromatic heterocycles. The van der Waals surface area contributed by atoms with Crippen LogP contribution in [0.2, 0.25) is 0 Å². The third kappa shape index (κ3) is 2.14. The molecule has 0 N–H and O–H groups in total. The van der Waals surface area contributed by atoms with Crippen LogP contribution < -0.4 is 0 Å². The first-order valence-electron chi connectivity index (χ1n) is 4.18. The molecular formula is C9H16N2. The second-order valence-corrected chi connectivity index (χ2v) is 3.66. The zero-order valence-corrected chi connectivity index (χ0v) is 7.59. The highest BCUT2D eigenvalue weighted by atomic mass is 14.9. The van der Waals surface area contributed by atoms with Crippen LogP contribution in [0.1, 0.15) is 33.6 Å². The lowest BCUT2D eigenvalue weighted by Gasteiger charge is -2.24. The van der Waals surface area contributed by atoms with E-state index < -0.39 is 0 Å². The van der Waals surface area contributed by atoms with Crippen LogP contribution in [-0.4, -0.2) is 18.6 Å². The van der Waals surface area contributed by atoms with E-state index in [1.807, 2.05) is 0 Å². The highest BCUT2D eigenvalue weighted by molar-refractivity contribution is 5.89. The summed E-state index contributed by atoms with van der Waals surface area (Å²) in [7, 11) is 0. The van der Waals surface area contributed by atoms with Crippen molar-refractivity contribution < 1.29 is 0 Å². The molecule has 1 aliphatic rings. The summed E-state index contributed by atoms with van der Waals surface area (Å²) in [5.74, 6) is 0. The Labute approximate surface area is 68.4 Å². The molecular weight excluding hydrogens is 136 g/mol. The van der Waals surface area contributed by atoms with E-state index in [4.69, 9.17) is 0 Å². The molecule has 1 rings (SSSR count). The van der Waals surface area contributed by atoms with Crippen LogP contribution in [0.4, 0.5) is 0 Å². The molecule has 0 spiro atoms. The molecule has 0 saturated heterocycles. The van der Waals surface area contributed by atoms with Gasteiger partial charge in [0, 0.05) is 12.3 Å². The van der Waals surface area contributed by atoms with Gasteiger partial charge >= 0.3 is 0 Å². The lowest BCUT2D eigenvalue weighted by atomic mass is 9.83. The summed E-state index contributed by atoms with van der Waals surface area (Å²) in [5.41, 5.74) is 1.55. The summed E-state index contributed by atoms with van der Waals surface area (Å²) in [6.45, 7) is 7.48. The van der Waals surface area contributed by atoms with Gasteiger partial charge in [-0.3, -0.25) is 4.99 Å². The minimum absolute atomic E-state index is 0.348. The standard InChI is InChI=1S/C9H16N2/c1-4-9(3)5-8(2)11-7-10-6-9/h7H,4-6H2,1-3H3. The molecule has 1 unspecified atom stereocenters. The normalized spacial score (nSPS) is 31.4. The summed E-state index contributed by atoms with van der Waals surface area (Å²) < 4.78 is 0. The fourth-order valence-electron chi connectivity index (χ4n) is 1.36. The minimum Gasteiger partial charge on any atom is -0.273 e. The Morgan fingerprint density at radius 3 is 3.00 bits per heavy atom. The molecule has 0 aliphatic carbocycles. The summed E-state index contributed by atoms with van der Waals surface area (Å²) in [4.78, 5) is 8.42. The molecule has 0 radical (unpaired) electrons. The van der Waals surface area contributed by atoms with E-state index in [1.54, 1.807) is 6.34 Å². The van der Waals surface area contributed by atoms with Crippen LogP contribution in [0.5, 0.6) is 0 Å². The van der Waals surface area contributed by atoms with Crippen LogP contribution in [0.15, 0.2) is 9.98 Å². The molecule has 62 valence electrons. The third-order valence-corrected chi connectivity index (χ3v) is 2.37. The molecule has 0 aromatic rings. The van der Waals surface area contributed by atoms with E-state index in [0.29, 0.717) is 5.41 Å². The van der Waals surface area contributed by atoms with Crippen molar-refractivity contribution in [1.82, 2.24) is 0 Å². The van der Waals surface area contributed by atoms with Crippen molar-refractivity contribution in [1.29, 1.82) is 0 Å². The van der Waals surface area contributed by atoms with E-state index in [9.17, 15) is 0 Å². The Balaban J connectivity index is 2.72. The third-order valence-electron chi connectivity index (χ3n) is 2.37. The van der Waals surface area contributed by atoms with Gasteiger partial charge in [-0.25, -0.2) is 4.99 Å². The lowest BCUT2D eigenvalue weighted by Crippen LogP contribution is -2.21. The maximum absolute atomic E-state index is 4.23. The fourth-order valence-corrected chi connectivity index (χ4v) is 1.36. The molecule has 11 heavy (non-hydrogen) atoms. The van der Waals surface area contributed by atoms with Crippen LogP contribution in [0.25, 0.3) is 0 Å². The van der Waals surface area contributed by atoms with Crippen LogP contribution in [0, 0.1) is 5.41 Å². The van der Waals surface area contributed by atoms with E-state index in [1.165, 1.54) is 12.1 Å². The van der Waals surface area contributed by atoms with Crippen molar-refractivity contribution in [2.45, 2.75) is 33.6 Å². The molecule has 1 aliphatic heterocycles. The first-order chi connectivity index (χ1) is 5.16. The highest BCUT2D eigenvalue weighted by Crippen LogP contribution is 2.27. The van der Waals surface area contributed by atoms with E-state index >= 15 is 0 Å². The largest absolute Gasteiger partial charge is 0.273 e. The van der Waals surface area contributed by atoms with Gasteiger partial charge in [0.25, 0.3) is 0 Å². The minimum atomic E-state index is 0.348. The van der Waals surface area contributed by atoms with Gasteiger partial charge in [-0.15, -0.1) is 0 Å². The van der Waals surface area contributed by atoms with Gasteiger partial charge in [0.2, 0.25) is 0 Å². The topological polar surface area (TPSA) is 24.7 Å². The van der Waals surface area contributed by atoms with Gasteiger partial charge in [0.1, 0.15) is 6.34 Å². The number of nitrogens with zero attached hydrogens (tertiary/aromatic N) is 2. The Kier molecular flexibility index (Phi) is 2.42. The highest BCUT2D eigenvalue weighted by Gasteiger charge is 2.23. The molecule has 0 bridgehead atoms. The van der Waals surface area contributed by atoms with Gasteiger partial charge in [0.15, 0.2) is 0 Å². The quantitative estimate of drug-likeness (QED) is 0.551. The molecule has 0 fully saturated rings. The van der Waals surface area contributed by atoms with Crippen molar-refractivity contribution >= 4 is 12.1 Å². The zero-order valence-electron chi connectivity index (χ0n) is 7.59. The molecule has 2 nitrogen and oxygen atoms in total. The lowest BCUT2D eigenvalue weighted by molar-refractivity contribution is 0.340. The van der Waals surface area contributed by atoms with Gasteiger partial charge < -0.3 is 0 Å². The average molecular weight is 152 g/mol. The van der Waals surface area contributed by atoms with Gasteiger partial charge in [-0.2, -0.15) is 0 Å². The van der Waals surface area contributed by atoms with Crippen molar-refractivity contribution in [3.63, 3.8) is 0 Å². The summed E-state index contributed by atoms with van der Waals surface area (Å²) in [6, 6.07) is 0. The Morgan fingerprint density at radius 1 is 1.64 bits per heavy atom. The molecule has 2 heteroatoms. The number of rotatable bonds is 1. The number of hydrogen-bond acceptors (Lipinski definition) is 2. The zero-order chi connectivity index (χ0) is 8.32. The molecule has 0 aromatic carbocycles. The van der Waals surface area contributed by atoms with Crippen molar-refractivity contribution in [2.24, 2.45) is 15.4 Å². The number of aliphatic imine (C=N–C) groups is 2. The van der Waals surface area contributed by atoms with E-state index in [-0.39, 0.29) is 0 Å². The predicted molar refractivity (Wildman–Crippen MR) is 49.5 cm³/mol. The van der Waals surface area contributed by atoms with E-state index in [0.717, 1.165) is 13.0 Å². The monoisotopic (exact) mass is 152 g/mol. The van der Waals surface area contributed by atoms with Crippen molar-refractivity contribution in [3.05, 3.63) is 0 Å². The second-order valence-electron chi connectivity index (χ2n) is 3.66. The average Bonchev–Trinajstić information content (AvgIpc) is 2.13. The first-order valence-corrected chi connectivity index (χ1v) is 4.18. The van der Waals surface area contributed by atoms with Gasteiger partial charge in [-0.05, 0) is 25.2 Å². The number of hydrogen-bond donors (Lipinski definition) is 0. The molecule has 1 heterocycles. The Hall–Kier alpha value is -0.660. The molecule has 1 atom stereocenters. The Morgan fingerprint density at radius 2 is 2.36 bits per heavy atom. The summed E-state index contributed by atoms with van der Waals surface area (Å²) in [6.07, 6.45) is 3.96. The van der Waals surface area contributed by atoms with Crippen LogP contribution in [0.3, 0.4) is 0 Å². The second kappa shape index (κ2) is 3.16. The van der Waals surface area contributed by atoms with Crippen LogP contribution >= 0.6 is 0 Å². The van der Waals surface area contributed by atoms with Gasteiger partial charge in [-0.1, -0.05) is 13.8 Å². The maximum atomic E-state index is 4.23. The maximum Gasteiger partial charge on any atom is 0.109 e. The Bertz CT molecular complexity index is 194. The fraction of sp³-hybridized carbons (Fsp3) is 0.778. The van der Waals surface area contributed by atoms with Crippen molar-refractivity contribution in [3.8, 4) is 0 Å². The summed E-state index contributed by atoms with van der Waals surface area (Å²) >= 11 is 0. The predicted octanol–water partition coefficient (Wildman–Crippen LogP) is 2.30. The van der Waals surface area contributed by atoms with Crippen LogP contribution in [-0.2, 0) is 0 Å². The summed E-state index contributed by atoms with van der Waals surface area (Å²) in [5, 5.41) is 0. The van der Waals surface area contributed by atoms with E-state index in [2.05, 4.69) is 30.8 Å². The SMILES string of the molecule is CCC1(C)CN=CN=C(C)C1. The first kappa shape index (κ1) is 8.44. The van der Waals surface area contributed by atoms with Crippen molar-refractivity contribution in [2.75, 3.05) is 6.54 Å². The smallest absolute Gasteiger partial charge is 0.109 e. The van der Waals surface area contributed by atoms with Gasteiger partial charge in [0.05, 0.1) is 0 Å². The molecule has 0 saturated carbocycles. The molecule has 0 amide bonds.